The number of rotatable bonds is 7. The standard InChI is InChI=1S/C21H31Cl2N5O5S/c1-14(29)19(24-25(4)34(31)32)21(3)15(2)27(16-7-8-17(22)18(23)13-16)11-12-28(21)20(30)33-26-9-5-6-10-26/h7-8,13,15,19,24H,5-6,9-12H2,1-4H3,(H,31,32)/t15-,19?,21-/m1/s1. The quantitative estimate of drug-likeness (QED) is 0.405. The number of anilines is 1. The van der Waals surface area contributed by atoms with Gasteiger partial charge in [-0.15, -0.1) is 9.48 Å². The predicted octanol–water partition coefficient (Wildman–Crippen LogP) is 2.94. The van der Waals surface area contributed by atoms with Crippen molar-refractivity contribution in [2.45, 2.75) is 51.2 Å². The van der Waals surface area contributed by atoms with E-state index in [0.717, 1.165) is 22.9 Å². The molecule has 3 rings (SSSR count). The van der Waals surface area contributed by atoms with Gasteiger partial charge in [-0.3, -0.25) is 14.2 Å². The van der Waals surface area contributed by atoms with Crippen molar-refractivity contribution in [3.05, 3.63) is 28.2 Å². The van der Waals surface area contributed by atoms with Gasteiger partial charge in [-0.1, -0.05) is 23.2 Å². The first kappa shape index (κ1) is 27.1. The largest absolute Gasteiger partial charge is 0.429 e. The fourth-order valence-corrected chi connectivity index (χ4v) is 5.17. The maximum Gasteiger partial charge on any atom is 0.429 e. The lowest BCUT2D eigenvalue weighted by atomic mass is 9.79. The van der Waals surface area contributed by atoms with Crippen LogP contribution in [0.15, 0.2) is 18.2 Å². The number of ketones is 1. The van der Waals surface area contributed by atoms with Crippen LogP contribution in [0.4, 0.5) is 10.5 Å². The van der Waals surface area contributed by atoms with Crippen molar-refractivity contribution in [2.24, 2.45) is 0 Å². The minimum atomic E-state index is -2.38. The van der Waals surface area contributed by atoms with Gasteiger partial charge in [0.25, 0.3) is 0 Å². The van der Waals surface area contributed by atoms with Gasteiger partial charge in [0.2, 0.25) is 11.3 Å². The Morgan fingerprint density at radius 3 is 2.44 bits per heavy atom. The van der Waals surface area contributed by atoms with E-state index in [2.05, 4.69) is 5.43 Å². The average molecular weight is 536 g/mol. The molecule has 13 heteroatoms. The zero-order valence-corrected chi connectivity index (χ0v) is 22.0. The van der Waals surface area contributed by atoms with E-state index in [9.17, 15) is 18.4 Å². The van der Waals surface area contributed by atoms with Gasteiger partial charge in [-0.25, -0.2) is 14.4 Å². The van der Waals surface area contributed by atoms with Gasteiger partial charge in [0.05, 0.1) is 21.6 Å². The zero-order chi connectivity index (χ0) is 25.2. The van der Waals surface area contributed by atoms with Crippen LogP contribution < -0.4 is 10.3 Å². The Hall–Kier alpha value is -1.47. The van der Waals surface area contributed by atoms with Crippen molar-refractivity contribution in [3.8, 4) is 0 Å². The number of amides is 1. The van der Waals surface area contributed by atoms with E-state index < -0.39 is 35.0 Å². The molecule has 10 nitrogen and oxygen atoms in total. The highest BCUT2D eigenvalue weighted by molar-refractivity contribution is 7.76. The number of piperazine rings is 1. The highest BCUT2D eigenvalue weighted by atomic mass is 35.5. The number of hydrogen-bond acceptors (Lipinski definition) is 7. The normalized spacial score (nSPS) is 25.5. The van der Waals surface area contributed by atoms with E-state index in [1.807, 2.05) is 17.9 Å². The summed E-state index contributed by atoms with van der Waals surface area (Å²) < 4.78 is 22.1. The molecule has 4 atom stereocenters. The lowest BCUT2D eigenvalue weighted by Crippen LogP contribution is -2.76. The molecule has 2 unspecified atom stereocenters. The summed E-state index contributed by atoms with van der Waals surface area (Å²) >= 11 is 9.98. The van der Waals surface area contributed by atoms with Crippen LogP contribution in [-0.2, 0) is 20.9 Å². The van der Waals surface area contributed by atoms with Crippen molar-refractivity contribution in [1.82, 2.24) is 19.8 Å². The molecule has 34 heavy (non-hydrogen) atoms. The molecule has 0 saturated carbocycles. The fraction of sp³-hybridized carbons (Fsp3) is 0.619. The first-order valence-corrected chi connectivity index (χ1v) is 12.9. The van der Waals surface area contributed by atoms with E-state index in [4.69, 9.17) is 28.0 Å². The number of Topliss-reactive ketones (excluding diaryl/α,β-unsaturated/α-hetero) is 1. The van der Waals surface area contributed by atoms with Crippen molar-refractivity contribution in [1.29, 1.82) is 0 Å². The number of halogens is 2. The Morgan fingerprint density at radius 1 is 1.24 bits per heavy atom. The lowest BCUT2D eigenvalue weighted by molar-refractivity contribution is -0.130. The summed E-state index contributed by atoms with van der Waals surface area (Å²) in [5.41, 5.74) is 2.44. The molecule has 2 fully saturated rings. The summed E-state index contributed by atoms with van der Waals surface area (Å²) in [4.78, 5) is 35.5. The molecule has 0 radical (unpaired) electrons. The Kier molecular flexibility index (Phi) is 8.83. The lowest BCUT2D eigenvalue weighted by Gasteiger charge is -2.56. The van der Waals surface area contributed by atoms with E-state index in [0.29, 0.717) is 29.7 Å². The molecule has 0 bridgehead atoms. The summed E-state index contributed by atoms with van der Waals surface area (Å²) in [5.74, 6) is -0.304. The van der Waals surface area contributed by atoms with Crippen molar-refractivity contribution in [3.63, 3.8) is 0 Å². The summed E-state index contributed by atoms with van der Waals surface area (Å²) in [7, 11) is 1.35. The molecule has 2 aliphatic rings. The third-order valence-electron chi connectivity index (χ3n) is 6.72. The first-order chi connectivity index (χ1) is 16.0. The minimum Gasteiger partial charge on any atom is -0.365 e. The second-order valence-corrected chi connectivity index (χ2v) is 10.6. The number of nitrogens with zero attached hydrogens (tertiary/aromatic N) is 4. The third-order valence-corrected chi connectivity index (χ3v) is 8.04. The highest BCUT2D eigenvalue weighted by Crippen LogP contribution is 2.37. The molecule has 0 spiro atoms. The number of carbonyl (C=O) groups excluding carboxylic acids is 2. The van der Waals surface area contributed by atoms with Gasteiger partial charge in [-0.05, 0) is 51.8 Å². The maximum absolute atomic E-state index is 13.3. The molecule has 2 heterocycles. The number of hydrogen-bond donors (Lipinski definition) is 2. The van der Waals surface area contributed by atoms with Gasteiger partial charge >= 0.3 is 6.09 Å². The highest BCUT2D eigenvalue weighted by Gasteiger charge is 2.54. The van der Waals surface area contributed by atoms with Crippen LogP contribution in [-0.4, -0.2) is 85.9 Å². The molecule has 0 aliphatic carbocycles. The number of carbonyl (C=O) groups is 2. The maximum atomic E-state index is 13.3. The summed E-state index contributed by atoms with van der Waals surface area (Å²) in [6.45, 7) is 7.07. The predicted molar refractivity (Wildman–Crippen MR) is 132 cm³/mol. The summed E-state index contributed by atoms with van der Waals surface area (Å²) in [5, 5.41) is 2.44. The summed E-state index contributed by atoms with van der Waals surface area (Å²) in [6.07, 6.45) is 1.32. The smallest absolute Gasteiger partial charge is 0.365 e. The molecule has 2 saturated heterocycles. The Morgan fingerprint density at radius 2 is 1.88 bits per heavy atom. The third kappa shape index (κ3) is 5.51. The van der Waals surface area contributed by atoms with E-state index in [1.165, 1.54) is 18.9 Å². The molecule has 0 aromatic heterocycles. The van der Waals surface area contributed by atoms with Gasteiger partial charge in [0.1, 0.15) is 6.04 Å². The van der Waals surface area contributed by atoms with Crippen LogP contribution in [0.1, 0.15) is 33.6 Å². The SMILES string of the molecule is CC(=O)C(NN(C)S(=O)O)[C@@]1(C)[C@@H](C)N(c2ccc(Cl)c(Cl)c2)CCN1C(=O)ON1CCCC1. The number of hydrazine groups is 1. The molecular weight excluding hydrogens is 505 g/mol. The molecule has 1 aromatic carbocycles. The van der Waals surface area contributed by atoms with E-state index >= 15 is 0 Å². The van der Waals surface area contributed by atoms with E-state index in [-0.39, 0.29) is 12.3 Å². The zero-order valence-electron chi connectivity index (χ0n) is 19.7. The van der Waals surface area contributed by atoms with Crippen LogP contribution in [0.25, 0.3) is 0 Å². The van der Waals surface area contributed by atoms with Crippen molar-refractivity contribution in [2.75, 3.05) is 38.1 Å². The molecule has 190 valence electrons. The van der Waals surface area contributed by atoms with Crippen LogP contribution in [0.2, 0.25) is 10.0 Å². The Bertz CT molecular complexity index is 950. The molecular formula is C21H31Cl2N5O5S. The molecule has 1 aromatic rings. The topological polar surface area (TPSA) is 106 Å². The second kappa shape index (κ2) is 11.1. The van der Waals surface area contributed by atoms with Gasteiger partial charge < -0.3 is 9.74 Å². The monoisotopic (exact) mass is 535 g/mol. The van der Waals surface area contributed by atoms with Crippen LogP contribution in [0.3, 0.4) is 0 Å². The molecule has 1 amide bonds. The van der Waals surface area contributed by atoms with Crippen LogP contribution in [0, 0.1) is 0 Å². The van der Waals surface area contributed by atoms with Gasteiger partial charge in [-0.2, -0.15) is 0 Å². The summed E-state index contributed by atoms with van der Waals surface area (Å²) in [6, 6.07) is 3.83. The Balaban J connectivity index is 2.01. The average Bonchev–Trinajstić information content (AvgIpc) is 3.28. The minimum absolute atomic E-state index is 0.255. The molecule has 2 aliphatic heterocycles. The number of benzene rings is 1. The van der Waals surface area contributed by atoms with Crippen molar-refractivity contribution < 1.29 is 23.2 Å². The first-order valence-electron chi connectivity index (χ1n) is 11.0. The fourth-order valence-electron chi connectivity index (χ4n) is 4.68. The number of nitrogens with one attached hydrogen (secondary N) is 1. The van der Waals surface area contributed by atoms with E-state index in [1.54, 1.807) is 24.1 Å². The van der Waals surface area contributed by atoms with Crippen molar-refractivity contribution >= 4 is 52.0 Å². The van der Waals surface area contributed by atoms with Gasteiger partial charge in [0.15, 0.2) is 5.78 Å². The number of hydroxylamine groups is 2. The van der Waals surface area contributed by atoms with Crippen LogP contribution >= 0.6 is 23.2 Å². The molecule has 2 N–H and O–H groups in total. The van der Waals surface area contributed by atoms with Crippen LogP contribution in [0.5, 0.6) is 0 Å². The second-order valence-electron chi connectivity index (χ2n) is 8.74. The van der Waals surface area contributed by atoms with Gasteiger partial charge in [0, 0.05) is 38.9 Å². The Labute approximate surface area is 212 Å².